The number of esters is 1. The number of fused-ring (bicyclic) bond motifs is 1. The van der Waals surface area contributed by atoms with E-state index < -0.39 is 11.2 Å². The first-order chi connectivity index (χ1) is 15.0. The lowest BCUT2D eigenvalue weighted by atomic mass is 10.1. The Balaban J connectivity index is 1.56. The molecule has 0 spiro atoms. The molecule has 158 valence electrons. The smallest absolute Gasteiger partial charge is 0.337 e. The van der Waals surface area contributed by atoms with Crippen molar-refractivity contribution >= 4 is 35.2 Å². The number of anilines is 1. The van der Waals surface area contributed by atoms with Crippen LogP contribution in [-0.4, -0.2) is 35.1 Å². The van der Waals surface area contributed by atoms with E-state index in [1.54, 1.807) is 12.1 Å². The van der Waals surface area contributed by atoms with Gasteiger partial charge in [0.15, 0.2) is 0 Å². The maximum absolute atomic E-state index is 13.0. The van der Waals surface area contributed by atoms with E-state index in [1.165, 1.54) is 31.0 Å². The number of hydrogen-bond donors (Lipinski definition) is 0. The zero-order valence-corrected chi connectivity index (χ0v) is 17.9. The summed E-state index contributed by atoms with van der Waals surface area (Å²) in [7, 11) is 1.29. The number of imide groups is 1. The van der Waals surface area contributed by atoms with Gasteiger partial charge in [-0.3, -0.25) is 9.59 Å². The Bertz CT molecular complexity index is 1090. The third-order valence-electron chi connectivity index (χ3n) is 5.54. The van der Waals surface area contributed by atoms with Crippen LogP contribution in [0.25, 0.3) is 0 Å². The van der Waals surface area contributed by atoms with E-state index in [4.69, 9.17) is 4.98 Å². The quantitative estimate of drug-likeness (QED) is 0.412. The number of pyridine rings is 1. The number of methoxy groups -OCH3 is 1. The fraction of sp³-hybridized carbons (Fsp3) is 0.348. The number of carbonyl (C=O) groups is 3. The molecule has 1 fully saturated rings. The number of aryl methyl sites for hydroxylation is 2. The SMILES string of the molecule is COC(=O)c1ccc(N2C(=O)CC(Sc3nc4c(cc3C#N)CCCCC4)C2=O)cc1. The molecule has 1 unspecified atom stereocenters. The van der Waals surface area contributed by atoms with Crippen LogP contribution in [-0.2, 0) is 27.2 Å². The van der Waals surface area contributed by atoms with E-state index in [1.807, 2.05) is 6.07 Å². The van der Waals surface area contributed by atoms with E-state index in [0.29, 0.717) is 21.8 Å². The van der Waals surface area contributed by atoms with Gasteiger partial charge in [0.1, 0.15) is 11.1 Å². The maximum Gasteiger partial charge on any atom is 0.337 e. The van der Waals surface area contributed by atoms with Crippen LogP contribution in [0.1, 0.15) is 52.9 Å². The Morgan fingerprint density at radius 3 is 2.65 bits per heavy atom. The van der Waals surface area contributed by atoms with Crippen molar-refractivity contribution in [3.05, 3.63) is 52.7 Å². The second kappa shape index (κ2) is 8.90. The van der Waals surface area contributed by atoms with E-state index in [0.717, 1.165) is 48.3 Å². The summed E-state index contributed by atoms with van der Waals surface area (Å²) >= 11 is 1.18. The average Bonchev–Trinajstić information content (AvgIpc) is 2.94. The molecule has 2 aliphatic rings. The number of nitriles is 1. The van der Waals surface area contributed by atoms with Gasteiger partial charge >= 0.3 is 5.97 Å². The number of rotatable bonds is 4. The first kappa shape index (κ1) is 21.1. The monoisotopic (exact) mass is 435 g/mol. The lowest BCUT2D eigenvalue weighted by molar-refractivity contribution is -0.121. The largest absolute Gasteiger partial charge is 0.465 e. The molecule has 1 aliphatic carbocycles. The topological polar surface area (TPSA) is 100 Å². The van der Waals surface area contributed by atoms with Gasteiger partial charge in [-0.15, -0.1) is 0 Å². The van der Waals surface area contributed by atoms with Crippen LogP contribution < -0.4 is 4.90 Å². The standard InChI is InChI=1S/C23H21N3O4S/c1-30-23(29)14-7-9-17(10-8-14)26-20(27)12-19(22(26)28)31-21-16(13-24)11-15-5-3-2-4-6-18(15)25-21/h7-11,19H,2-6,12H2,1H3. The fourth-order valence-corrected chi connectivity index (χ4v) is 5.02. The van der Waals surface area contributed by atoms with Crippen molar-refractivity contribution in [3.63, 3.8) is 0 Å². The molecular formula is C23H21N3O4S. The molecule has 8 heteroatoms. The van der Waals surface area contributed by atoms with Crippen molar-refractivity contribution < 1.29 is 19.1 Å². The highest BCUT2D eigenvalue weighted by atomic mass is 32.2. The van der Waals surface area contributed by atoms with Gasteiger partial charge in [-0.1, -0.05) is 18.2 Å². The predicted molar refractivity (Wildman–Crippen MR) is 115 cm³/mol. The summed E-state index contributed by atoms with van der Waals surface area (Å²) in [5, 5.41) is 9.47. The first-order valence-electron chi connectivity index (χ1n) is 10.2. The minimum Gasteiger partial charge on any atom is -0.465 e. The Morgan fingerprint density at radius 1 is 1.19 bits per heavy atom. The molecule has 1 atom stereocenters. The molecule has 2 heterocycles. The predicted octanol–water partition coefficient (Wildman–Crippen LogP) is 3.43. The molecule has 7 nitrogen and oxygen atoms in total. The summed E-state index contributed by atoms with van der Waals surface area (Å²) in [6.07, 6.45) is 5.10. The van der Waals surface area contributed by atoms with E-state index in [9.17, 15) is 19.6 Å². The molecule has 1 saturated heterocycles. The molecule has 2 aromatic rings. The Morgan fingerprint density at radius 2 is 1.94 bits per heavy atom. The van der Waals surface area contributed by atoms with Crippen molar-refractivity contribution in [2.75, 3.05) is 12.0 Å². The molecule has 1 aromatic heterocycles. The van der Waals surface area contributed by atoms with Gasteiger partial charge in [-0.05, 0) is 61.6 Å². The Hall–Kier alpha value is -3.18. The van der Waals surface area contributed by atoms with Crippen molar-refractivity contribution in [2.24, 2.45) is 0 Å². The Labute approximate surface area is 184 Å². The third kappa shape index (κ3) is 4.19. The summed E-state index contributed by atoms with van der Waals surface area (Å²) in [6, 6.07) is 10.2. The third-order valence-corrected chi connectivity index (χ3v) is 6.73. The molecule has 0 radical (unpaired) electrons. The number of nitrogens with zero attached hydrogens (tertiary/aromatic N) is 3. The van der Waals surface area contributed by atoms with Gasteiger partial charge in [0.25, 0.3) is 0 Å². The van der Waals surface area contributed by atoms with E-state index in [-0.39, 0.29) is 18.2 Å². The number of carbonyl (C=O) groups excluding carboxylic acids is 3. The first-order valence-corrected chi connectivity index (χ1v) is 11.0. The number of hydrogen-bond acceptors (Lipinski definition) is 7. The van der Waals surface area contributed by atoms with Crippen molar-refractivity contribution in [2.45, 2.75) is 48.8 Å². The van der Waals surface area contributed by atoms with Crippen LogP contribution in [0.4, 0.5) is 5.69 Å². The van der Waals surface area contributed by atoms with Crippen LogP contribution >= 0.6 is 11.8 Å². The number of benzene rings is 1. The highest BCUT2D eigenvalue weighted by molar-refractivity contribution is 8.00. The zero-order chi connectivity index (χ0) is 22.0. The van der Waals surface area contributed by atoms with E-state index in [2.05, 4.69) is 10.8 Å². The van der Waals surface area contributed by atoms with Gasteiger partial charge in [0.05, 0.1) is 29.2 Å². The highest BCUT2D eigenvalue weighted by Crippen LogP contribution is 2.36. The zero-order valence-electron chi connectivity index (χ0n) is 17.1. The highest BCUT2D eigenvalue weighted by Gasteiger charge is 2.41. The van der Waals surface area contributed by atoms with Gasteiger partial charge < -0.3 is 4.74 Å². The lowest BCUT2D eigenvalue weighted by Crippen LogP contribution is -2.31. The molecule has 2 amide bonds. The van der Waals surface area contributed by atoms with Crippen molar-refractivity contribution in [1.82, 2.24) is 4.98 Å². The number of thioether (sulfide) groups is 1. The van der Waals surface area contributed by atoms with Gasteiger partial charge in [-0.25, -0.2) is 14.7 Å². The van der Waals surface area contributed by atoms with Crippen LogP contribution in [0.15, 0.2) is 35.4 Å². The molecule has 4 rings (SSSR count). The van der Waals surface area contributed by atoms with Gasteiger partial charge in [-0.2, -0.15) is 5.26 Å². The van der Waals surface area contributed by atoms with Crippen molar-refractivity contribution in [3.8, 4) is 6.07 Å². The molecule has 0 bridgehead atoms. The van der Waals surface area contributed by atoms with E-state index >= 15 is 0 Å². The molecule has 0 N–H and O–H groups in total. The van der Waals surface area contributed by atoms with Gasteiger partial charge in [0, 0.05) is 12.1 Å². The summed E-state index contributed by atoms with van der Waals surface area (Å²) in [6.45, 7) is 0. The summed E-state index contributed by atoms with van der Waals surface area (Å²) < 4.78 is 4.67. The second-order valence-electron chi connectivity index (χ2n) is 7.54. The molecule has 31 heavy (non-hydrogen) atoms. The fourth-order valence-electron chi connectivity index (χ4n) is 3.93. The normalized spacial score (nSPS) is 18.3. The summed E-state index contributed by atoms with van der Waals surface area (Å²) in [5.74, 6) is -1.15. The Kier molecular flexibility index (Phi) is 6.05. The van der Waals surface area contributed by atoms with Crippen LogP contribution in [0.2, 0.25) is 0 Å². The second-order valence-corrected chi connectivity index (χ2v) is 8.73. The minimum absolute atomic E-state index is 0.0336. The molecule has 1 aromatic carbocycles. The van der Waals surface area contributed by atoms with Gasteiger partial charge in [0.2, 0.25) is 11.8 Å². The molecule has 1 aliphatic heterocycles. The minimum atomic E-state index is -0.642. The summed E-state index contributed by atoms with van der Waals surface area (Å²) in [5.41, 5.74) is 3.29. The van der Waals surface area contributed by atoms with Crippen molar-refractivity contribution in [1.29, 1.82) is 5.26 Å². The van der Waals surface area contributed by atoms with Crippen LogP contribution in [0, 0.1) is 11.3 Å². The number of ether oxygens (including phenoxy) is 1. The average molecular weight is 436 g/mol. The maximum atomic E-state index is 13.0. The number of amides is 2. The number of aromatic nitrogens is 1. The molecule has 0 saturated carbocycles. The van der Waals surface area contributed by atoms with Crippen LogP contribution in [0.5, 0.6) is 0 Å². The van der Waals surface area contributed by atoms with Crippen LogP contribution in [0.3, 0.4) is 0 Å². The lowest BCUT2D eigenvalue weighted by Gasteiger charge is -2.16. The summed E-state index contributed by atoms with van der Waals surface area (Å²) in [4.78, 5) is 43.1. The molecular weight excluding hydrogens is 414 g/mol.